The Morgan fingerprint density at radius 2 is 1.60 bits per heavy atom. The number of piperidine rings is 1. The fourth-order valence-corrected chi connectivity index (χ4v) is 4.53. The van der Waals surface area contributed by atoms with Gasteiger partial charge in [-0.3, -0.25) is 0 Å². The van der Waals surface area contributed by atoms with Crippen LogP contribution in [0.4, 0.5) is 4.79 Å². The summed E-state index contributed by atoms with van der Waals surface area (Å²) >= 11 is 0. The third kappa shape index (κ3) is 4.49. The zero-order valence-corrected chi connectivity index (χ0v) is 17.0. The second kappa shape index (κ2) is 9.30. The topological polar surface area (TPSA) is 78.9 Å². The molecule has 0 saturated carbocycles. The summed E-state index contributed by atoms with van der Waals surface area (Å²) in [4.78, 5) is 26.2. The van der Waals surface area contributed by atoms with Crippen LogP contribution in [0.3, 0.4) is 0 Å². The van der Waals surface area contributed by atoms with Crippen molar-refractivity contribution in [3.05, 3.63) is 59.7 Å². The molecule has 6 nitrogen and oxygen atoms in total. The lowest BCUT2D eigenvalue weighted by atomic mass is 9.98. The third-order valence-corrected chi connectivity index (χ3v) is 6.12. The van der Waals surface area contributed by atoms with Gasteiger partial charge in [0.25, 0.3) is 0 Å². The molecule has 158 valence electrons. The number of nitrogens with zero attached hydrogens (tertiary/aromatic N) is 1. The highest BCUT2D eigenvalue weighted by molar-refractivity contribution is 5.81. The van der Waals surface area contributed by atoms with E-state index in [1.807, 2.05) is 24.3 Å². The van der Waals surface area contributed by atoms with Crippen molar-refractivity contribution in [2.45, 2.75) is 37.6 Å². The normalized spacial score (nSPS) is 17.1. The summed E-state index contributed by atoms with van der Waals surface area (Å²) in [5.74, 6) is -1.07. The van der Waals surface area contributed by atoms with Crippen molar-refractivity contribution in [1.29, 1.82) is 0 Å². The van der Waals surface area contributed by atoms with Crippen LogP contribution in [-0.2, 0) is 9.53 Å². The number of carbonyl (C=O) groups excluding carboxylic acids is 1. The van der Waals surface area contributed by atoms with Crippen LogP contribution in [0.15, 0.2) is 48.5 Å². The first-order valence-electron chi connectivity index (χ1n) is 10.7. The number of hydrogen-bond acceptors (Lipinski definition) is 4. The molecule has 1 heterocycles. The molecule has 0 spiro atoms. The van der Waals surface area contributed by atoms with E-state index in [0.717, 1.165) is 48.2 Å². The minimum absolute atomic E-state index is 0.0419. The number of amides is 1. The molecule has 0 radical (unpaired) electrons. The van der Waals surface area contributed by atoms with Crippen LogP contribution in [0.2, 0.25) is 0 Å². The van der Waals surface area contributed by atoms with Crippen molar-refractivity contribution in [3.8, 4) is 11.1 Å². The monoisotopic (exact) mass is 408 g/mol. The Kier molecular flexibility index (Phi) is 6.33. The number of ether oxygens (including phenoxy) is 1. The molecule has 1 amide bonds. The van der Waals surface area contributed by atoms with Gasteiger partial charge in [-0.05, 0) is 54.6 Å². The first-order chi connectivity index (χ1) is 14.6. The van der Waals surface area contributed by atoms with Crippen LogP contribution in [0.1, 0.15) is 42.7 Å². The van der Waals surface area contributed by atoms with Gasteiger partial charge in [0.1, 0.15) is 12.6 Å². The van der Waals surface area contributed by atoms with Crippen molar-refractivity contribution in [2.24, 2.45) is 0 Å². The third-order valence-electron chi connectivity index (χ3n) is 6.12. The van der Waals surface area contributed by atoms with E-state index in [9.17, 15) is 14.7 Å². The predicted molar refractivity (Wildman–Crippen MR) is 115 cm³/mol. The Hall–Kier alpha value is -2.86. The zero-order chi connectivity index (χ0) is 20.9. The lowest BCUT2D eigenvalue weighted by Gasteiger charge is -2.27. The summed E-state index contributed by atoms with van der Waals surface area (Å²) in [7, 11) is 0. The average Bonchev–Trinajstić information content (AvgIpc) is 3.09. The maximum Gasteiger partial charge on any atom is 0.407 e. The largest absolute Gasteiger partial charge is 0.480 e. The fourth-order valence-electron chi connectivity index (χ4n) is 4.53. The molecule has 30 heavy (non-hydrogen) atoms. The lowest BCUT2D eigenvalue weighted by molar-refractivity contribution is -0.139. The van der Waals surface area contributed by atoms with Gasteiger partial charge in [0.05, 0.1) is 0 Å². The first kappa shape index (κ1) is 20.4. The van der Waals surface area contributed by atoms with E-state index in [-0.39, 0.29) is 12.5 Å². The van der Waals surface area contributed by atoms with E-state index in [2.05, 4.69) is 34.5 Å². The number of fused-ring (bicyclic) bond motifs is 3. The van der Waals surface area contributed by atoms with Gasteiger partial charge < -0.3 is 20.1 Å². The molecule has 0 bridgehead atoms. The molecule has 1 aliphatic heterocycles. The number of benzene rings is 2. The highest BCUT2D eigenvalue weighted by Gasteiger charge is 2.29. The maximum absolute atomic E-state index is 12.4. The van der Waals surface area contributed by atoms with Gasteiger partial charge in [-0.2, -0.15) is 0 Å². The molecule has 1 atom stereocenters. The number of carboxylic acids is 1. The summed E-state index contributed by atoms with van der Waals surface area (Å²) < 4.78 is 5.49. The number of carbonyl (C=O) groups is 2. The van der Waals surface area contributed by atoms with Crippen LogP contribution in [-0.4, -0.2) is 54.4 Å². The maximum atomic E-state index is 12.4. The summed E-state index contributed by atoms with van der Waals surface area (Å²) in [6.07, 6.45) is 3.23. The number of carboxylic acid groups (broad SMARTS) is 1. The van der Waals surface area contributed by atoms with Gasteiger partial charge in [-0.15, -0.1) is 0 Å². The molecular formula is C24H28N2O4. The van der Waals surface area contributed by atoms with E-state index in [1.165, 1.54) is 6.42 Å². The molecule has 1 aliphatic carbocycles. The molecule has 1 unspecified atom stereocenters. The van der Waals surface area contributed by atoms with Gasteiger partial charge in [0, 0.05) is 12.5 Å². The number of aliphatic carboxylic acids is 1. The van der Waals surface area contributed by atoms with Gasteiger partial charge in [-0.25, -0.2) is 9.59 Å². The smallest absolute Gasteiger partial charge is 0.407 e. The Morgan fingerprint density at radius 1 is 1.00 bits per heavy atom. The van der Waals surface area contributed by atoms with Gasteiger partial charge in [-0.1, -0.05) is 55.0 Å². The van der Waals surface area contributed by atoms with Crippen LogP contribution in [0.25, 0.3) is 11.1 Å². The van der Waals surface area contributed by atoms with Crippen molar-refractivity contribution >= 4 is 12.1 Å². The van der Waals surface area contributed by atoms with Crippen LogP contribution in [0.5, 0.6) is 0 Å². The number of nitrogens with one attached hydrogen (secondary N) is 1. The summed E-state index contributed by atoms with van der Waals surface area (Å²) in [5.41, 5.74) is 4.58. The molecule has 1 fully saturated rings. The van der Waals surface area contributed by atoms with E-state index in [1.54, 1.807) is 0 Å². The second-order valence-electron chi connectivity index (χ2n) is 8.05. The first-order valence-corrected chi connectivity index (χ1v) is 10.7. The molecule has 2 N–H and O–H groups in total. The van der Waals surface area contributed by atoms with Crippen LogP contribution in [0, 0.1) is 0 Å². The average molecular weight is 408 g/mol. The van der Waals surface area contributed by atoms with E-state index in [0.29, 0.717) is 13.0 Å². The molecule has 2 aromatic rings. The number of likely N-dealkylation sites (tertiary alicyclic amines) is 1. The van der Waals surface area contributed by atoms with Crippen molar-refractivity contribution in [3.63, 3.8) is 0 Å². The SMILES string of the molecule is O=C(NC(CCN1CCCCC1)C(=O)O)OCC1c2ccccc2-c2ccccc21. The molecular weight excluding hydrogens is 380 g/mol. The highest BCUT2D eigenvalue weighted by Crippen LogP contribution is 2.44. The Labute approximate surface area is 176 Å². The Balaban J connectivity index is 1.35. The minimum atomic E-state index is -1.03. The second-order valence-corrected chi connectivity index (χ2v) is 8.05. The zero-order valence-electron chi connectivity index (χ0n) is 17.0. The number of hydrogen-bond donors (Lipinski definition) is 2. The Bertz CT molecular complexity index is 862. The van der Waals surface area contributed by atoms with Gasteiger partial charge in [0.2, 0.25) is 0 Å². The fraction of sp³-hybridized carbons (Fsp3) is 0.417. The standard InChI is InChI=1S/C24H28N2O4/c27-23(28)22(12-15-26-13-6-1-7-14-26)25-24(29)30-16-21-19-10-4-2-8-17(19)18-9-3-5-11-20(18)21/h2-5,8-11,21-22H,1,6-7,12-16H2,(H,25,29)(H,27,28). The van der Waals surface area contributed by atoms with E-state index in [4.69, 9.17) is 4.74 Å². The van der Waals surface area contributed by atoms with Crippen molar-refractivity contribution < 1.29 is 19.4 Å². The Morgan fingerprint density at radius 3 is 2.20 bits per heavy atom. The number of alkyl carbamates (subject to hydrolysis) is 1. The molecule has 2 aromatic carbocycles. The molecule has 0 aromatic heterocycles. The van der Waals surface area contributed by atoms with Crippen LogP contribution >= 0.6 is 0 Å². The quantitative estimate of drug-likeness (QED) is 0.727. The van der Waals surface area contributed by atoms with Gasteiger partial charge in [0.15, 0.2) is 0 Å². The highest BCUT2D eigenvalue weighted by atomic mass is 16.5. The van der Waals surface area contributed by atoms with Crippen LogP contribution < -0.4 is 5.32 Å². The summed E-state index contributed by atoms with van der Waals surface area (Å²) in [5, 5.41) is 12.0. The number of rotatable bonds is 7. The van der Waals surface area contributed by atoms with E-state index < -0.39 is 18.1 Å². The predicted octanol–water partition coefficient (Wildman–Crippen LogP) is 3.85. The molecule has 2 aliphatic rings. The minimum Gasteiger partial charge on any atom is -0.480 e. The van der Waals surface area contributed by atoms with Crippen molar-refractivity contribution in [2.75, 3.05) is 26.2 Å². The molecule has 1 saturated heterocycles. The summed E-state index contributed by atoms with van der Waals surface area (Å²) in [6, 6.07) is 15.3. The van der Waals surface area contributed by atoms with Gasteiger partial charge >= 0.3 is 12.1 Å². The van der Waals surface area contributed by atoms with E-state index >= 15 is 0 Å². The molecule has 6 heteroatoms. The summed E-state index contributed by atoms with van der Waals surface area (Å²) in [6.45, 7) is 2.84. The molecule has 4 rings (SSSR count). The lowest BCUT2D eigenvalue weighted by Crippen LogP contribution is -2.44. The van der Waals surface area contributed by atoms with Crippen molar-refractivity contribution in [1.82, 2.24) is 10.2 Å².